The highest BCUT2D eigenvalue weighted by Gasteiger charge is 1.99. The number of allylic oxidation sites excluding steroid dienone is 1. The van der Waals surface area contributed by atoms with Gasteiger partial charge in [0.1, 0.15) is 0 Å². The van der Waals surface area contributed by atoms with Gasteiger partial charge in [-0.05, 0) is 53.6 Å². The van der Waals surface area contributed by atoms with Crippen molar-refractivity contribution in [3.8, 4) is 0 Å². The van der Waals surface area contributed by atoms with Crippen LogP contribution in [0.1, 0.15) is 43.7 Å². The molecule has 2 rings (SSSR count). The first kappa shape index (κ1) is 16.4. The molecule has 0 N–H and O–H groups in total. The van der Waals surface area contributed by atoms with Gasteiger partial charge in [0.15, 0.2) is 0 Å². The van der Waals surface area contributed by atoms with E-state index in [9.17, 15) is 0 Å². The highest BCUT2D eigenvalue weighted by molar-refractivity contribution is 5.85. The Morgan fingerprint density at radius 3 is 2.59 bits per heavy atom. The summed E-state index contributed by atoms with van der Waals surface area (Å²) in [6.45, 7) is 10.5. The van der Waals surface area contributed by atoms with E-state index < -0.39 is 0 Å². The fourth-order valence-electron chi connectivity index (χ4n) is 2.52. The number of hydrogen-bond acceptors (Lipinski definition) is 1. The molecule has 1 heteroatoms. The number of unbranched alkanes of at least 4 members (excludes halogenated alkanes) is 2. The molecule has 0 aliphatic carbocycles. The van der Waals surface area contributed by atoms with E-state index >= 15 is 0 Å². The smallest absolute Gasteiger partial charge is 0.0885 e. The quantitative estimate of drug-likeness (QED) is 0.399. The van der Waals surface area contributed by atoms with Crippen molar-refractivity contribution in [2.45, 2.75) is 39.0 Å². The lowest BCUT2D eigenvalue weighted by atomic mass is 10.0. The second kappa shape index (κ2) is 8.43. The van der Waals surface area contributed by atoms with Gasteiger partial charge >= 0.3 is 0 Å². The minimum absolute atomic E-state index is 0.800. The maximum Gasteiger partial charge on any atom is 0.0885 e. The number of ether oxygens (including phenoxy) is 1. The average molecular weight is 294 g/mol. The molecule has 0 heterocycles. The van der Waals surface area contributed by atoms with Crippen LogP contribution < -0.4 is 0 Å². The van der Waals surface area contributed by atoms with Crippen LogP contribution in [0.3, 0.4) is 0 Å². The molecular formula is C21H26O. The van der Waals surface area contributed by atoms with Crippen molar-refractivity contribution in [3.05, 3.63) is 66.4 Å². The van der Waals surface area contributed by atoms with Crippen molar-refractivity contribution in [2.24, 2.45) is 0 Å². The van der Waals surface area contributed by atoms with Crippen molar-refractivity contribution in [1.29, 1.82) is 0 Å². The fourth-order valence-corrected chi connectivity index (χ4v) is 2.52. The van der Waals surface area contributed by atoms with E-state index in [-0.39, 0.29) is 0 Å². The first-order chi connectivity index (χ1) is 10.7. The SMILES string of the molecule is C=Cc1ccc2cc(CCCCCOC(=C)CC)ccc2c1. The Kier molecular flexibility index (Phi) is 6.27. The third kappa shape index (κ3) is 4.77. The standard InChI is InChI=1S/C21H26O/c1-4-17(3)22-14-8-6-7-9-19-11-13-20-15-18(5-2)10-12-21(20)16-19/h5,10-13,15-16H,2-4,6-9,14H2,1H3. The van der Waals surface area contributed by atoms with Gasteiger partial charge in [0.2, 0.25) is 0 Å². The van der Waals surface area contributed by atoms with E-state index in [0.717, 1.165) is 31.6 Å². The van der Waals surface area contributed by atoms with Crippen LogP contribution in [0.15, 0.2) is 55.3 Å². The topological polar surface area (TPSA) is 9.23 Å². The van der Waals surface area contributed by atoms with Crippen LogP contribution in [0.4, 0.5) is 0 Å². The number of aryl methyl sites for hydroxylation is 1. The van der Waals surface area contributed by atoms with E-state index in [4.69, 9.17) is 4.74 Å². The monoisotopic (exact) mass is 294 g/mol. The van der Waals surface area contributed by atoms with Crippen LogP contribution in [0.2, 0.25) is 0 Å². The minimum atomic E-state index is 0.800. The molecule has 1 nitrogen and oxygen atoms in total. The molecule has 116 valence electrons. The third-order valence-corrected chi connectivity index (χ3v) is 3.97. The Bertz CT molecular complexity index is 639. The molecular weight excluding hydrogens is 268 g/mol. The molecule has 2 aromatic carbocycles. The van der Waals surface area contributed by atoms with E-state index in [2.05, 4.69) is 56.5 Å². The maximum absolute atomic E-state index is 5.52. The number of fused-ring (bicyclic) bond motifs is 1. The molecule has 2 aromatic rings. The largest absolute Gasteiger partial charge is 0.499 e. The Hall–Kier alpha value is -2.02. The lowest BCUT2D eigenvalue weighted by molar-refractivity contribution is 0.199. The number of rotatable bonds is 9. The van der Waals surface area contributed by atoms with Gasteiger partial charge in [0, 0.05) is 6.42 Å². The summed E-state index contributed by atoms with van der Waals surface area (Å²) >= 11 is 0. The summed E-state index contributed by atoms with van der Waals surface area (Å²) in [5, 5.41) is 2.60. The molecule has 0 amide bonds. The molecule has 0 saturated heterocycles. The van der Waals surface area contributed by atoms with Crippen LogP contribution in [0.25, 0.3) is 16.8 Å². The Labute approximate surface area is 134 Å². The van der Waals surface area contributed by atoms with Gasteiger partial charge in [-0.2, -0.15) is 0 Å². The summed E-state index contributed by atoms with van der Waals surface area (Å²) in [4.78, 5) is 0. The highest BCUT2D eigenvalue weighted by Crippen LogP contribution is 2.20. The van der Waals surface area contributed by atoms with Gasteiger partial charge < -0.3 is 4.74 Å². The molecule has 0 spiro atoms. The van der Waals surface area contributed by atoms with Gasteiger partial charge in [-0.3, -0.25) is 0 Å². The lowest BCUT2D eigenvalue weighted by Crippen LogP contribution is -1.94. The molecule has 0 radical (unpaired) electrons. The van der Waals surface area contributed by atoms with Gasteiger partial charge in [0.25, 0.3) is 0 Å². The van der Waals surface area contributed by atoms with Gasteiger partial charge in [-0.1, -0.05) is 56.5 Å². The molecule has 0 bridgehead atoms. The molecule has 0 aliphatic rings. The average Bonchev–Trinajstić information content (AvgIpc) is 2.57. The van der Waals surface area contributed by atoms with E-state index in [1.165, 1.54) is 34.7 Å². The number of hydrogen-bond donors (Lipinski definition) is 0. The van der Waals surface area contributed by atoms with Crippen molar-refractivity contribution in [3.63, 3.8) is 0 Å². The maximum atomic E-state index is 5.52. The van der Waals surface area contributed by atoms with Crippen molar-refractivity contribution in [2.75, 3.05) is 6.61 Å². The van der Waals surface area contributed by atoms with Crippen LogP contribution in [0.5, 0.6) is 0 Å². The highest BCUT2D eigenvalue weighted by atomic mass is 16.5. The molecule has 0 saturated carbocycles. The second-order valence-electron chi connectivity index (χ2n) is 5.70. The van der Waals surface area contributed by atoms with E-state index in [0.29, 0.717) is 0 Å². The molecule has 0 atom stereocenters. The summed E-state index contributed by atoms with van der Waals surface area (Å²) in [5.41, 5.74) is 2.59. The fraction of sp³-hybridized carbons (Fsp3) is 0.333. The van der Waals surface area contributed by atoms with Gasteiger partial charge in [-0.25, -0.2) is 0 Å². The zero-order valence-electron chi connectivity index (χ0n) is 13.6. The Morgan fingerprint density at radius 2 is 1.82 bits per heavy atom. The summed E-state index contributed by atoms with van der Waals surface area (Å²) in [6, 6.07) is 13.2. The molecule has 0 aliphatic heterocycles. The molecule has 0 aromatic heterocycles. The summed E-state index contributed by atoms with van der Waals surface area (Å²) in [7, 11) is 0. The minimum Gasteiger partial charge on any atom is -0.499 e. The summed E-state index contributed by atoms with van der Waals surface area (Å²) < 4.78 is 5.52. The third-order valence-electron chi connectivity index (χ3n) is 3.97. The van der Waals surface area contributed by atoms with Crippen LogP contribution in [-0.2, 0) is 11.2 Å². The summed E-state index contributed by atoms with van der Waals surface area (Å²) in [5.74, 6) is 0.897. The molecule has 0 unspecified atom stereocenters. The van der Waals surface area contributed by atoms with Crippen molar-refractivity contribution >= 4 is 16.8 Å². The van der Waals surface area contributed by atoms with Crippen molar-refractivity contribution < 1.29 is 4.74 Å². The molecule has 22 heavy (non-hydrogen) atoms. The zero-order chi connectivity index (χ0) is 15.8. The predicted octanol–water partition coefficient (Wildman–Crippen LogP) is 6.14. The first-order valence-corrected chi connectivity index (χ1v) is 8.18. The Balaban J connectivity index is 1.80. The van der Waals surface area contributed by atoms with Crippen LogP contribution in [-0.4, -0.2) is 6.61 Å². The second-order valence-corrected chi connectivity index (χ2v) is 5.70. The summed E-state index contributed by atoms with van der Waals surface area (Å²) in [6.07, 6.45) is 7.44. The predicted molar refractivity (Wildman–Crippen MR) is 97.0 cm³/mol. The van der Waals surface area contributed by atoms with Crippen LogP contribution >= 0.6 is 0 Å². The van der Waals surface area contributed by atoms with Gasteiger partial charge in [-0.15, -0.1) is 0 Å². The van der Waals surface area contributed by atoms with E-state index in [1.54, 1.807) is 0 Å². The van der Waals surface area contributed by atoms with Crippen LogP contribution in [0, 0.1) is 0 Å². The van der Waals surface area contributed by atoms with Crippen molar-refractivity contribution in [1.82, 2.24) is 0 Å². The first-order valence-electron chi connectivity index (χ1n) is 8.18. The Morgan fingerprint density at radius 1 is 1.05 bits per heavy atom. The van der Waals surface area contributed by atoms with E-state index in [1.807, 2.05) is 6.08 Å². The lowest BCUT2D eigenvalue weighted by Gasteiger charge is -2.07. The number of benzene rings is 2. The normalized spacial score (nSPS) is 10.6. The molecule has 0 fully saturated rings. The van der Waals surface area contributed by atoms with Gasteiger partial charge in [0.05, 0.1) is 12.4 Å². The zero-order valence-corrected chi connectivity index (χ0v) is 13.6.